The van der Waals surface area contributed by atoms with E-state index in [-0.39, 0.29) is 0 Å². The van der Waals surface area contributed by atoms with Crippen LogP contribution in [0, 0.1) is 0 Å². The summed E-state index contributed by atoms with van der Waals surface area (Å²) in [6, 6.07) is 2.82. The van der Waals surface area contributed by atoms with Crippen LogP contribution in [0.3, 0.4) is 0 Å². The summed E-state index contributed by atoms with van der Waals surface area (Å²) in [5.41, 5.74) is -0.0411. The Morgan fingerprint density at radius 3 is 2.29 bits per heavy atom. The van der Waals surface area contributed by atoms with Crippen molar-refractivity contribution >= 4 is 11.6 Å². The predicted octanol–water partition coefficient (Wildman–Crippen LogP) is 3.25. The van der Waals surface area contributed by atoms with Gasteiger partial charge in [0.2, 0.25) is 0 Å². The number of benzene rings is 1. The van der Waals surface area contributed by atoms with Crippen LogP contribution in [-0.4, -0.2) is 21.9 Å². The first-order chi connectivity index (χ1) is 9.72. The number of nitrogens with one attached hydrogen (secondary N) is 1. The van der Waals surface area contributed by atoms with Crippen molar-refractivity contribution in [3.05, 3.63) is 48.3 Å². The lowest BCUT2D eigenvalue weighted by Crippen LogP contribution is -2.39. The number of hydrogen-bond acceptors (Lipinski definition) is 2. The molecular weight excluding hydrogens is 297 g/mol. The van der Waals surface area contributed by atoms with E-state index in [4.69, 9.17) is 0 Å². The molecule has 0 atom stereocenters. The smallest absolute Gasteiger partial charge is 0.322 e. The number of para-hydroxylation sites is 1. The van der Waals surface area contributed by atoms with Crippen LogP contribution in [0.5, 0.6) is 0 Å². The van der Waals surface area contributed by atoms with Gasteiger partial charge in [-0.25, -0.2) is 4.68 Å². The lowest BCUT2D eigenvalue weighted by atomic mass is 10.3. The maximum Gasteiger partial charge on any atom is 0.477 e. The molecule has 0 spiro atoms. The monoisotopic (exact) mass is 305 g/mol. The molecule has 1 aromatic heterocycles. The molecule has 0 saturated carbocycles. The fraction of sp³-hybridized carbons (Fsp3) is 0.167. The maximum atomic E-state index is 13.0. The fourth-order valence-electron chi connectivity index (χ4n) is 1.45. The van der Waals surface area contributed by atoms with Gasteiger partial charge in [0.1, 0.15) is 0 Å². The third kappa shape index (κ3) is 3.01. The lowest BCUT2D eigenvalue weighted by Gasteiger charge is -2.19. The minimum absolute atomic E-state index is 0.339. The van der Waals surface area contributed by atoms with Gasteiger partial charge in [-0.1, -0.05) is 18.2 Å². The Hall–Kier alpha value is -2.45. The van der Waals surface area contributed by atoms with Crippen LogP contribution >= 0.6 is 0 Å². The average molecular weight is 305 g/mol. The molecule has 0 unspecified atom stereocenters. The molecule has 0 radical (unpaired) electrons. The molecule has 0 aliphatic heterocycles. The third-order valence-corrected chi connectivity index (χ3v) is 2.51. The van der Waals surface area contributed by atoms with E-state index in [1.807, 2.05) is 0 Å². The van der Waals surface area contributed by atoms with Crippen molar-refractivity contribution in [1.29, 1.82) is 0 Å². The van der Waals surface area contributed by atoms with Crippen molar-refractivity contribution in [2.24, 2.45) is 0 Å². The van der Waals surface area contributed by atoms with E-state index in [0.29, 0.717) is 18.1 Å². The molecule has 0 aliphatic carbocycles. The summed E-state index contributed by atoms with van der Waals surface area (Å²) in [6.45, 7) is 0. The van der Waals surface area contributed by atoms with Gasteiger partial charge in [0.25, 0.3) is 5.91 Å². The Labute approximate surface area is 115 Å². The van der Waals surface area contributed by atoms with Gasteiger partial charge in [0, 0.05) is 11.9 Å². The zero-order valence-electron chi connectivity index (χ0n) is 10.2. The molecule has 0 aliphatic rings. The van der Waals surface area contributed by atoms with Crippen LogP contribution in [-0.2, 0) is 6.05 Å². The first-order valence-corrected chi connectivity index (χ1v) is 5.58. The number of aromatic nitrogens is 2. The fourth-order valence-corrected chi connectivity index (χ4v) is 1.45. The minimum atomic E-state index is -5.80. The number of carbonyl (C=O) groups is 1. The number of carbonyl (C=O) groups excluding carboxylic acids is 1. The minimum Gasteiger partial charge on any atom is -0.322 e. The van der Waals surface area contributed by atoms with E-state index >= 15 is 0 Å². The van der Waals surface area contributed by atoms with Gasteiger partial charge >= 0.3 is 12.2 Å². The van der Waals surface area contributed by atoms with E-state index in [1.54, 1.807) is 18.2 Å². The average Bonchev–Trinajstić information content (AvgIpc) is 2.88. The Morgan fingerprint density at radius 2 is 1.71 bits per heavy atom. The molecule has 2 aromatic rings. The summed E-state index contributed by atoms with van der Waals surface area (Å²) < 4.78 is 61.9. The van der Waals surface area contributed by atoms with Crippen molar-refractivity contribution in [3.63, 3.8) is 0 Å². The molecule has 21 heavy (non-hydrogen) atoms. The summed E-state index contributed by atoms with van der Waals surface area (Å²) in [4.78, 5) is 11.7. The van der Waals surface area contributed by atoms with Gasteiger partial charge in [0.15, 0.2) is 0 Å². The van der Waals surface area contributed by atoms with Crippen LogP contribution in [0.2, 0.25) is 0 Å². The Bertz CT molecular complexity index is 636. The summed E-state index contributed by atoms with van der Waals surface area (Å²) >= 11 is 0. The molecule has 1 amide bonds. The number of nitrogens with zero attached hydrogens (tertiary/aromatic N) is 2. The highest BCUT2D eigenvalue weighted by Gasteiger charge is 2.60. The number of hydrogen-bond donors (Lipinski definition) is 1. The topological polar surface area (TPSA) is 46.9 Å². The summed E-state index contributed by atoms with van der Waals surface area (Å²) in [5, 5.41) is 5.25. The maximum absolute atomic E-state index is 13.0. The number of rotatable bonds is 3. The van der Waals surface area contributed by atoms with Crippen LogP contribution < -0.4 is 5.32 Å². The standard InChI is InChI=1S/C12H8F5N3O/c13-11(14,15)12(16,17)20-7-8(6-18-20)10(21)19-9-4-2-1-3-5-9/h1-7H,(H,19,21). The number of halogens is 5. The van der Waals surface area contributed by atoms with Crippen LogP contribution in [0.4, 0.5) is 27.6 Å². The van der Waals surface area contributed by atoms with Crippen molar-refractivity contribution in [1.82, 2.24) is 9.78 Å². The normalized spacial score (nSPS) is 12.2. The first-order valence-electron chi connectivity index (χ1n) is 5.58. The van der Waals surface area contributed by atoms with E-state index < -0.39 is 28.4 Å². The Kier molecular flexibility index (Phi) is 3.67. The molecule has 2 rings (SSSR count). The molecule has 0 bridgehead atoms. The second-order valence-corrected chi connectivity index (χ2v) is 4.03. The third-order valence-electron chi connectivity index (χ3n) is 2.51. The van der Waals surface area contributed by atoms with Crippen molar-refractivity contribution in [2.45, 2.75) is 12.2 Å². The number of anilines is 1. The zero-order valence-corrected chi connectivity index (χ0v) is 10.2. The van der Waals surface area contributed by atoms with E-state index in [1.165, 1.54) is 12.1 Å². The molecule has 112 valence electrons. The van der Waals surface area contributed by atoms with Gasteiger partial charge in [-0.05, 0) is 12.1 Å². The SMILES string of the molecule is O=C(Nc1ccccc1)c1cnn(C(F)(F)C(F)(F)F)c1. The van der Waals surface area contributed by atoms with Gasteiger partial charge in [-0.2, -0.15) is 27.1 Å². The molecule has 4 nitrogen and oxygen atoms in total. The van der Waals surface area contributed by atoms with E-state index in [0.717, 1.165) is 0 Å². The van der Waals surface area contributed by atoms with E-state index in [2.05, 4.69) is 10.4 Å². The second kappa shape index (κ2) is 5.15. The molecule has 0 fully saturated rings. The summed E-state index contributed by atoms with van der Waals surface area (Å²) in [6.07, 6.45) is -4.82. The van der Waals surface area contributed by atoms with Gasteiger partial charge < -0.3 is 5.32 Å². The summed E-state index contributed by atoms with van der Waals surface area (Å²) in [5.74, 6) is -0.842. The highest BCUT2D eigenvalue weighted by molar-refractivity contribution is 6.03. The quantitative estimate of drug-likeness (QED) is 0.885. The number of alkyl halides is 5. The highest BCUT2D eigenvalue weighted by atomic mass is 19.4. The Morgan fingerprint density at radius 1 is 1.10 bits per heavy atom. The van der Waals surface area contributed by atoms with E-state index in [9.17, 15) is 26.7 Å². The van der Waals surface area contributed by atoms with Crippen LogP contribution in [0.15, 0.2) is 42.7 Å². The second-order valence-electron chi connectivity index (χ2n) is 4.03. The van der Waals surface area contributed by atoms with Crippen LogP contribution in [0.25, 0.3) is 0 Å². The molecule has 1 aromatic carbocycles. The van der Waals surface area contributed by atoms with Crippen molar-refractivity contribution < 1.29 is 26.7 Å². The van der Waals surface area contributed by atoms with Gasteiger partial charge in [-0.3, -0.25) is 4.79 Å². The highest BCUT2D eigenvalue weighted by Crippen LogP contribution is 2.39. The summed E-state index contributed by atoms with van der Waals surface area (Å²) in [7, 11) is 0. The van der Waals surface area contributed by atoms with Gasteiger partial charge in [0.05, 0.1) is 11.8 Å². The Balaban J connectivity index is 2.19. The molecule has 0 saturated heterocycles. The molecule has 9 heteroatoms. The van der Waals surface area contributed by atoms with Gasteiger partial charge in [-0.15, -0.1) is 0 Å². The molecule has 1 heterocycles. The van der Waals surface area contributed by atoms with Crippen molar-refractivity contribution in [2.75, 3.05) is 5.32 Å². The zero-order chi connectivity index (χ0) is 15.7. The lowest BCUT2D eigenvalue weighted by molar-refractivity contribution is -0.328. The van der Waals surface area contributed by atoms with Crippen molar-refractivity contribution in [3.8, 4) is 0 Å². The molecular formula is C12H8F5N3O. The molecule has 1 N–H and O–H groups in total. The predicted molar refractivity (Wildman–Crippen MR) is 62.9 cm³/mol. The number of amides is 1. The largest absolute Gasteiger partial charge is 0.477 e. The van der Waals surface area contributed by atoms with Crippen LogP contribution in [0.1, 0.15) is 10.4 Å². The first kappa shape index (κ1) is 14.9.